The summed E-state index contributed by atoms with van der Waals surface area (Å²) in [6, 6.07) is 2.19. The lowest BCUT2D eigenvalue weighted by Gasteiger charge is -2.45. The van der Waals surface area contributed by atoms with E-state index >= 15 is 4.79 Å². The van der Waals surface area contributed by atoms with Crippen molar-refractivity contribution in [2.24, 2.45) is 17.8 Å². The number of nitrogens with one attached hydrogen (secondary N) is 2. The summed E-state index contributed by atoms with van der Waals surface area (Å²) in [6.45, 7) is 7.84. The van der Waals surface area contributed by atoms with Crippen LogP contribution in [0, 0.1) is 17.8 Å². The van der Waals surface area contributed by atoms with Crippen molar-refractivity contribution in [3.05, 3.63) is 36.5 Å². The van der Waals surface area contributed by atoms with Gasteiger partial charge in [0.15, 0.2) is 11.5 Å². The maximum Gasteiger partial charge on any atom is 0.408 e. The van der Waals surface area contributed by atoms with Crippen molar-refractivity contribution in [3.8, 4) is 17.4 Å². The maximum atomic E-state index is 15.2. The average Bonchev–Trinajstić information content (AvgIpc) is 4.07. The number of benzene rings is 1. The Kier molecular flexibility index (Phi) is 11.3. The number of ether oxygens (including phenoxy) is 3. The highest BCUT2D eigenvalue weighted by Crippen LogP contribution is 2.48. The van der Waals surface area contributed by atoms with Crippen LogP contribution in [0.1, 0.15) is 86.0 Å². The fraction of sp³-hybridized carbons (Fsp3) is 0.634. The highest BCUT2D eigenvalue weighted by molar-refractivity contribution is 7.91. The van der Waals surface area contributed by atoms with Gasteiger partial charge in [0.1, 0.15) is 42.5 Å². The number of fused-ring (bicyclic) bond motifs is 5. The van der Waals surface area contributed by atoms with Crippen LogP contribution in [0.25, 0.3) is 10.8 Å². The number of allylic oxidation sites excluding steroid dienone is 1. The van der Waals surface area contributed by atoms with Crippen molar-refractivity contribution >= 4 is 44.6 Å². The van der Waals surface area contributed by atoms with Gasteiger partial charge in [-0.25, -0.2) is 27.0 Å². The van der Waals surface area contributed by atoms with Gasteiger partial charge in [0.05, 0.1) is 11.3 Å². The molecule has 0 bridgehead atoms. The number of nitrogens with zero attached hydrogens (tertiary/aromatic N) is 3. The Bertz CT molecular complexity index is 2150. The molecule has 1 aromatic carbocycles. The van der Waals surface area contributed by atoms with Crippen molar-refractivity contribution in [1.82, 2.24) is 24.8 Å². The first-order chi connectivity index (χ1) is 27.8. The largest absolute Gasteiger partial charge is 0.486 e. The number of carboxylic acid groups (broad SMARTS) is 1. The minimum atomic E-state index is -4.09. The lowest BCUT2D eigenvalue weighted by Crippen LogP contribution is -2.65. The molecule has 4 heterocycles. The molecule has 5 aliphatic rings. The molecule has 3 N–H and O–H groups in total. The summed E-state index contributed by atoms with van der Waals surface area (Å²) in [7, 11) is -4.09. The van der Waals surface area contributed by atoms with Crippen LogP contribution in [-0.2, 0) is 24.4 Å². The van der Waals surface area contributed by atoms with E-state index < -0.39 is 86.1 Å². The van der Waals surface area contributed by atoms with Gasteiger partial charge < -0.3 is 29.5 Å². The van der Waals surface area contributed by atoms with Crippen molar-refractivity contribution in [2.75, 3.05) is 19.8 Å². The number of aromatic nitrogens is 1. The Morgan fingerprint density at radius 1 is 1.15 bits per heavy atom. The minimum Gasteiger partial charge on any atom is -0.486 e. The molecule has 15 nitrogen and oxygen atoms in total. The van der Waals surface area contributed by atoms with Crippen LogP contribution in [0.5, 0.6) is 17.4 Å². The number of alkyl halides is 2. The maximum absolute atomic E-state index is 15.2. The molecule has 7 atom stereocenters. The normalized spacial score (nSPS) is 29.9. The molecule has 322 valence electrons. The molecule has 3 aliphatic heterocycles. The van der Waals surface area contributed by atoms with Crippen molar-refractivity contribution in [3.63, 3.8) is 0 Å². The summed E-state index contributed by atoms with van der Waals surface area (Å²) in [6.07, 6.45) is 1.74. The summed E-state index contributed by atoms with van der Waals surface area (Å²) < 4.78 is 75.3. The fourth-order valence-corrected chi connectivity index (χ4v) is 10.1. The number of rotatable bonds is 9. The SMILES string of the molecule is CC[C@@H]1C[C@@H](C)CC/C=C\[C@@H]2C[C@@]2(C(=O)NS(=O)(=O)C2(C)CC2)NC(=O)[C@@H]2C[C@@H](Oc3nccc4c5c(ccc34)OCCO5)CN2C(=O)[C@H]1N(C(=O)O)C(C)(C)C(F)F. The van der Waals surface area contributed by atoms with Crippen LogP contribution in [0.15, 0.2) is 36.5 Å². The third-order valence-electron chi connectivity index (χ3n) is 12.9. The summed E-state index contributed by atoms with van der Waals surface area (Å²) >= 11 is 0. The third-order valence-corrected chi connectivity index (χ3v) is 15.1. The number of carbonyl (C=O) groups is 4. The first-order valence-corrected chi connectivity index (χ1v) is 21.8. The number of hydrogen-bond acceptors (Lipinski definition) is 10. The lowest BCUT2D eigenvalue weighted by molar-refractivity contribution is -0.149. The van der Waals surface area contributed by atoms with Crippen LogP contribution in [-0.4, -0.2) is 112 Å². The van der Waals surface area contributed by atoms with E-state index in [4.69, 9.17) is 14.2 Å². The van der Waals surface area contributed by atoms with Gasteiger partial charge in [-0.05, 0) is 89.3 Å². The first kappa shape index (κ1) is 42.4. The minimum absolute atomic E-state index is 0.0882. The Morgan fingerprint density at radius 2 is 1.88 bits per heavy atom. The molecule has 0 spiro atoms. The van der Waals surface area contributed by atoms with E-state index in [2.05, 4.69) is 15.0 Å². The summed E-state index contributed by atoms with van der Waals surface area (Å²) in [5, 5.41) is 14.6. The predicted octanol–water partition coefficient (Wildman–Crippen LogP) is 5.02. The standard InChI is InChI=1S/C41H53F2N5O10S/c1-6-24-19-23(2)9-7-8-10-25-21-41(25,37(51)46-59(54,55)40(5)14-15-40)45-33(49)29-20-26(22-47(29)35(50)31(24)48(38(52)53)39(3,4)36(42)43)58-34-28-11-12-30-32(57-18-17-56-30)27(28)13-16-44-34/h8,10-13,16,23-26,29,31,36H,6-7,9,14-15,17-22H2,1-5H3,(H,45,49)(H,46,51)(H,52,53)/b10-8-/t23-,24+,25+,26+,29-,31-,41+/m0/s1. The van der Waals surface area contributed by atoms with E-state index in [0.717, 1.165) is 13.8 Å². The Morgan fingerprint density at radius 3 is 2.56 bits per heavy atom. The van der Waals surface area contributed by atoms with E-state index in [1.54, 1.807) is 38.1 Å². The lowest BCUT2D eigenvalue weighted by atomic mass is 9.82. The Hall–Kier alpha value is -4.74. The highest BCUT2D eigenvalue weighted by Gasteiger charge is 2.63. The van der Waals surface area contributed by atoms with Crippen LogP contribution in [0.3, 0.4) is 0 Å². The molecule has 1 aromatic heterocycles. The molecule has 3 fully saturated rings. The van der Waals surface area contributed by atoms with Crippen LogP contribution >= 0.6 is 0 Å². The number of pyridine rings is 1. The van der Waals surface area contributed by atoms with Gasteiger partial charge in [0, 0.05) is 29.3 Å². The number of carbonyl (C=O) groups excluding carboxylic acids is 3. The Balaban J connectivity index is 1.29. The van der Waals surface area contributed by atoms with Gasteiger partial charge in [0.25, 0.3) is 12.3 Å². The molecule has 2 aliphatic carbocycles. The molecule has 0 unspecified atom stereocenters. The monoisotopic (exact) mass is 845 g/mol. The van der Waals surface area contributed by atoms with E-state index in [0.29, 0.717) is 72.5 Å². The topological polar surface area (TPSA) is 194 Å². The molecule has 1 saturated heterocycles. The molecule has 59 heavy (non-hydrogen) atoms. The van der Waals surface area contributed by atoms with Gasteiger partial charge >= 0.3 is 6.09 Å². The highest BCUT2D eigenvalue weighted by atomic mass is 32.2. The second kappa shape index (κ2) is 15.7. The zero-order chi connectivity index (χ0) is 42.7. The van der Waals surface area contributed by atoms with Crippen molar-refractivity contribution in [2.45, 2.75) is 126 Å². The van der Waals surface area contributed by atoms with Crippen LogP contribution < -0.4 is 24.2 Å². The summed E-state index contributed by atoms with van der Waals surface area (Å²) in [5.74, 6) is -2.74. The van der Waals surface area contributed by atoms with Crippen molar-refractivity contribution < 1.29 is 55.7 Å². The van der Waals surface area contributed by atoms with Gasteiger partial charge in [-0.3, -0.25) is 24.0 Å². The molecule has 2 aromatic rings. The molecule has 18 heteroatoms. The van der Waals surface area contributed by atoms with E-state index in [1.807, 2.05) is 13.0 Å². The van der Waals surface area contributed by atoms with Crippen LogP contribution in [0.2, 0.25) is 0 Å². The zero-order valence-electron chi connectivity index (χ0n) is 33.9. The number of sulfonamides is 1. The van der Waals surface area contributed by atoms with E-state index in [9.17, 15) is 36.7 Å². The second-order valence-electron chi connectivity index (χ2n) is 17.5. The molecular formula is C41H53F2N5O10S. The molecular weight excluding hydrogens is 793 g/mol. The third kappa shape index (κ3) is 7.88. The van der Waals surface area contributed by atoms with Gasteiger partial charge in [-0.2, -0.15) is 0 Å². The van der Waals surface area contributed by atoms with Gasteiger partial charge in [-0.15, -0.1) is 0 Å². The van der Waals surface area contributed by atoms with Crippen molar-refractivity contribution in [1.29, 1.82) is 0 Å². The smallest absolute Gasteiger partial charge is 0.408 e. The fourth-order valence-electron chi connectivity index (χ4n) is 8.75. The first-order valence-electron chi connectivity index (χ1n) is 20.3. The number of amides is 4. The predicted molar refractivity (Wildman–Crippen MR) is 211 cm³/mol. The van der Waals surface area contributed by atoms with E-state index in [1.165, 1.54) is 11.1 Å². The average molecular weight is 846 g/mol. The molecule has 4 amide bonds. The van der Waals surface area contributed by atoms with E-state index in [-0.39, 0.29) is 37.6 Å². The zero-order valence-corrected chi connectivity index (χ0v) is 34.7. The van der Waals surface area contributed by atoms with Crippen LogP contribution in [0.4, 0.5) is 13.6 Å². The summed E-state index contributed by atoms with van der Waals surface area (Å²) in [4.78, 5) is 63.1. The molecule has 2 saturated carbocycles. The molecule has 7 rings (SSSR count). The Labute approximate surface area is 342 Å². The quantitative estimate of drug-likeness (QED) is 0.287. The molecule has 0 radical (unpaired) electrons. The number of halogens is 2. The van der Waals surface area contributed by atoms with Gasteiger partial charge in [-0.1, -0.05) is 32.4 Å². The summed E-state index contributed by atoms with van der Waals surface area (Å²) in [5.41, 5.74) is -3.98. The number of hydrogen-bond donors (Lipinski definition) is 3. The van der Waals surface area contributed by atoms with Gasteiger partial charge in [0.2, 0.25) is 27.7 Å². The second-order valence-corrected chi connectivity index (χ2v) is 19.7.